The molecule has 1 aromatic rings. The molecule has 0 aliphatic heterocycles. The SMILES string of the molecule is CCOC(C)(C)C(N)Cc1cc(Br)cs1. The lowest BCUT2D eigenvalue weighted by molar-refractivity contribution is -0.0286. The van der Waals surface area contributed by atoms with Gasteiger partial charge in [0, 0.05) is 27.4 Å². The van der Waals surface area contributed by atoms with E-state index in [1.807, 2.05) is 20.8 Å². The average molecular weight is 292 g/mol. The molecule has 0 aliphatic rings. The third kappa shape index (κ3) is 3.87. The zero-order chi connectivity index (χ0) is 11.5. The average Bonchev–Trinajstić information content (AvgIpc) is 2.51. The number of ether oxygens (including phenoxy) is 1. The van der Waals surface area contributed by atoms with Crippen LogP contribution in [-0.2, 0) is 11.2 Å². The van der Waals surface area contributed by atoms with Gasteiger partial charge in [0.15, 0.2) is 0 Å². The third-order valence-electron chi connectivity index (χ3n) is 2.45. The van der Waals surface area contributed by atoms with E-state index in [0.717, 1.165) is 10.9 Å². The highest BCUT2D eigenvalue weighted by Crippen LogP contribution is 2.24. The summed E-state index contributed by atoms with van der Waals surface area (Å²) in [6.07, 6.45) is 0.864. The molecular formula is C11H18BrNOS. The van der Waals surface area contributed by atoms with Crippen LogP contribution in [0.1, 0.15) is 25.6 Å². The summed E-state index contributed by atoms with van der Waals surface area (Å²) in [6.45, 7) is 6.79. The Bertz CT molecular complexity index is 311. The Balaban J connectivity index is 2.58. The molecule has 0 aliphatic carbocycles. The monoisotopic (exact) mass is 291 g/mol. The predicted molar refractivity (Wildman–Crippen MR) is 69.4 cm³/mol. The Labute approximate surface area is 104 Å². The van der Waals surface area contributed by atoms with E-state index in [2.05, 4.69) is 27.4 Å². The number of thiophene rings is 1. The topological polar surface area (TPSA) is 35.2 Å². The van der Waals surface area contributed by atoms with Gasteiger partial charge in [-0.1, -0.05) is 0 Å². The van der Waals surface area contributed by atoms with E-state index in [4.69, 9.17) is 10.5 Å². The van der Waals surface area contributed by atoms with Gasteiger partial charge >= 0.3 is 0 Å². The molecule has 0 radical (unpaired) electrons. The zero-order valence-corrected chi connectivity index (χ0v) is 11.8. The van der Waals surface area contributed by atoms with Crippen LogP contribution < -0.4 is 5.73 Å². The van der Waals surface area contributed by atoms with Crippen LogP contribution in [0.15, 0.2) is 15.9 Å². The van der Waals surface area contributed by atoms with Gasteiger partial charge in [-0.25, -0.2) is 0 Å². The number of rotatable bonds is 5. The van der Waals surface area contributed by atoms with Crippen molar-refractivity contribution in [3.05, 3.63) is 20.8 Å². The molecule has 15 heavy (non-hydrogen) atoms. The molecule has 0 amide bonds. The van der Waals surface area contributed by atoms with Gasteiger partial charge in [0.2, 0.25) is 0 Å². The van der Waals surface area contributed by atoms with Crippen LogP contribution in [0.2, 0.25) is 0 Å². The molecule has 0 spiro atoms. The molecule has 2 N–H and O–H groups in total. The van der Waals surface area contributed by atoms with Gasteiger partial charge in [0.25, 0.3) is 0 Å². The van der Waals surface area contributed by atoms with Crippen LogP contribution in [0, 0.1) is 0 Å². The van der Waals surface area contributed by atoms with Crippen molar-refractivity contribution in [1.29, 1.82) is 0 Å². The van der Waals surface area contributed by atoms with Crippen molar-refractivity contribution in [2.75, 3.05) is 6.61 Å². The van der Waals surface area contributed by atoms with Crippen LogP contribution in [0.4, 0.5) is 0 Å². The maximum absolute atomic E-state index is 6.15. The van der Waals surface area contributed by atoms with Crippen LogP contribution >= 0.6 is 27.3 Å². The first kappa shape index (κ1) is 13.2. The first-order valence-corrected chi connectivity index (χ1v) is 6.75. The van der Waals surface area contributed by atoms with Crippen molar-refractivity contribution in [3.63, 3.8) is 0 Å². The Hall–Kier alpha value is 0.1000. The molecule has 1 unspecified atom stereocenters. The largest absolute Gasteiger partial charge is 0.374 e. The standard InChI is InChI=1S/C11H18BrNOS/c1-4-14-11(2,3)10(13)6-9-5-8(12)7-15-9/h5,7,10H,4,6,13H2,1-3H3. The minimum Gasteiger partial charge on any atom is -0.374 e. The smallest absolute Gasteiger partial charge is 0.0780 e. The molecule has 0 saturated carbocycles. The van der Waals surface area contributed by atoms with Crippen molar-refractivity contribution in [2.45, 2.75) is 38.8 Å². The van der Waals surface area contributed by atoms with E-state index in [1.165, 1.54) is 4.88 Å². The first-order valence-electron chi connectivity index (χ1n) is 5.08. The maximum atomic E-state index is 6.15. The van der Waals surface area contributed by atoms with E-state index in [-0.39, 0.29) is 11.6 Å². The summed E-state index contributed by atoms with van der Waals surface area (Å²) < 4.78 is 6.77. The van der Waals surface area contributed by atoms with Gasteiger partial charge in [-0.05, 0) is 49.2 Å². The third-order valence-corrected chi connectivity index (χ3v) is 4.17. The van der Waals surface area contributed by atoms with E-state index >= 15 is 0 Å². The van der Waals surface area contributed by atoms with Crippen molar-refractivity contribution < 1.29 is 4.74 Å². The summed E-state index contributed by atoms with van der Waals surface area (Å²) in [6, 6.07) is 2.15. The fourth-order valence-electron chi connectivity index (χ4n) is 1.40. The fraction of sp³-hybridized carbons (Fsp3) is 0.636. The Kier molecular flexibility index (Phi) is 4.77. The van der Waals surface area contributed by atoms with Crippen LogP contribution in [0.25, 0.3) is 0 Å². The predicted octanol–water partition coefficient (Wildman–Crippen LogP) is 3.20. The number of hydrogen-bond acceptors (Lipinski definition) is 3. The quantitative estimate of drug-likeness (QED) is 0.904. The van der Waals surface area contributed by atoms with Gasteiger partial charge in [-0.3, -0.25) is 0 Å². The van der Waals surface area contributed by atoms with Crippen molar-refractivity contribution in [3.8, 4) is 0 Å². The van der Waals surface area contributed by atoms with Crippen LogP contribution in [0.5, 0.6) is 0 Å². The zero-order valence-electron chi connectivity index (χ0n) is 9.42. The summed E-state index contributed by atoms with van der Waals surface area (Å²) in [5, 5.41) is 2.08. The molecule has 0 saturated heterocycles. The fourth-order valence-corrected chi connectivity index (χ4v) is 2.91. The van der Waals surface area contributed by atoms with Gasteiger partial charge < -0.3 is 10.5 Å². The van der Waals surface area contributed by atoms with Crippen molar-refractivity contribution >= 4 is 27.3 Å². The van der Waals surface area contributed by atoms with Crippen LogP contribution in [0.3, 0.4) is 0 Å². The highest BCUT2D eigenvalue weighted by atomic mass is 79.9. The molecule has 86 valence electrons. The molecule has 0 fully saturated rings. The molecular weight excluding hydrogens is 274 g/mol. The summed E-state index contributed by atoms with van der Waals surface area (Å²) in [4.78, 5) is 1.29. The molecule has 0 bridgehead atoms. The molecule has 2 nitrogen and oxygen atoms in total. The molecule has 1 aromatic heterocycles. The second-order valence-electron chi connectivity index (χ2n) is 4.08. The molecule has 1 atom stereocenters. The molecule has 0 aromatic carbocycles. The first-order chi connectivity index (χ1) is 6.95. The van der Waals surface area contributed by atoms with Gasteiger partial charge in [0.05, 0.1) is 5.60 Å². The molecule has 1 rings (SSSR count). The van der Waals surface area contributed by atoms with E-state index in [0.29, 0.717) is 6.61 Å². The number of hydrogen-bond donors (Lipinski definition) is 1. The Morgan fingerprint density at radius 1 is 1.60 bits per heavy atom. The second kappa shape index (κ2) is 5.43. The minimum atomic E-state index is -0.259. The normalized spacial score (nSPS) is 14.2. The minimum absolute atomic E-state index is 0.0306. The summed E-state index contributed by atoms with van der Waals surface area (Å²) >= 11 is 5.17. The lowest BCUT2D eigenvalue weighted by atomic mass is 9.96. The van der Waals surface area contributed by atoms with E-state index < -0.39 is 0 Å². The van der Waals surface area contributed by atoms with Crippen molar-refractivity contribution in [2.24, 2.45) is 5.73 Å². The highest BCUT2D eigenvalue weighted by Gasteiger charge is 2.27. The number of halogens is 1. The van der Waals surface area contributed by atoms with Gasteiger partial charge in [-0.2, -0.15) is 0 Å². The Morgan fingerprint density at radius 3 is 2.73 bits per heavy atom. The summed E-state index contributed by atoms with van der Waals surface area (Å²) in [5.41, 5.74) is 5.89. The van der Waals surface area contributed by atoms with Gasteiger partial charge in [0.1, 0.15) is 0 Å². The van der Waals surface area contributed by atoms with E-state index in [9.17, 15) is 0 Å². The van der Waals surface area contributed by atoms with Crippen molar-refractivity contribution in [1.82, 2.24) is 0 Å². The summed E-state index contributed by atoms with van der Waals surface area (Å²) in [7, 11) is 0. The maximum Gasteiger partial charge on any atom is 0.0780 e. The lowest BCUT2D eigenvalue weighted by Gasteiger charge is -2.31. The van der Waals surface area contributed by atoms with E-state index in [1.54, 1.807) is 11.3 Å². The second-order valence-corrected chi connectivity index (χ2v) is 5.99. The number of nitrogens with two attached hydrogens (primary N) is 1. The van der Waals surface area contributed by atoms with Gasteiger partial charge in [-0.15, -0.1) is 11.3 Å². The van der Waals surface area contributed by atoms with Crippen LogP contribution in [-0.4, -0.2) is 18.2 Å². The molecule has 1 heterocycles. The highest BCUT2D eigenvalue weighted by molar-refractivity contribution is 9.10. The summed E-state index contributed by atoms with van der Waals surface area (Å²) in [5.74, 6) is 0. The Morgan fingerprint density at radius 2 is 2.27 bits per heavy atom. The molecule has 4 heteroatoms. The lowest BCUT2D eigenvalue weighted by Crippen LogP contribution is -2.46.